The van der Waals surface area contributed by atoms with Crippen LogP contribution in [0.25, 0.3) is 11.4 Å². The molecule has 2 aromatic carbocycles. The fourth-order valence-electron chi connectivity index (χ4n) is 5.76. The first-order chi connectivity index (χ1) is 21.5. The van der Waals surface area contributed by atoms with Crippen LogP contribution in [0.2, 0.25) is 0 Å². The fraction of sp³-hybridized carbons (Fsp3) is 0.438. The molecule has 2 bridgehead atoms. The highest BCUT2D eigenvalue weighted by Crippen LogP contribution is 2.35. The van der Waals surface area contributed by atoms with Gasteiger partial charge >= 0.3 is 12.1 Å². The second-order valence-electron chi connectivity index (χ2n) is 12.5. The van der Waals surface area contributed by atoms with Crippen LogP contribution in [0.1, 0.15) is 44.5 Å². The molecule has 3 aromatic rings. The molecule has 45 heavy (non-hydrogen) atoms. The highest BCUT2D eigenvalue weighted by molar-refractivity contribution is 6.00. The second kappa shape index (κ2) is 12.3. The van der Waals surface area contributed by atoms with E-state index < -0.39 is 11.6 Å². The second-order valence-corrected chi connectivity index (χ2v) is 12.5. The number of nitrogens with zero attached hydrogens (tertiary/aromatic N) is 6. The smallest absolute Gasteiger partial charge is 0.410 e. The average molecular weight is 615 g/mol. The van der Waals surface area contributed by atoms with E-state index >= 15 is 0 Å². The van der Waals surface area contributed by atoms with E-state index in [4.69, 9.17) is 24.4 Å². The number of amides is 3. The lowest BCUT2D eigenvalue weighted by Crippen LogP contribution is -2.50. The minimum Gasteiger partial charge on any atom is -0.444 e. The number of hydrogen-bond donors (Lipinski definition) is 2. The first kappa shape index (κ1) is 30.3. The van der Waals surface area contributed by atoms with Gasteiger partial charge in [-0.1, -0.05) is 0 Å². The van der Waals surface area contributed by atoms with Gasteiger partial charge in [-0.25, -0.2) is 9.59 Å². The van der Waals surface area contributed by atoms with Crippen molar-refractivity contribution in [3.8, 4) is 11.4 Å². The summed E-state index contributed by atoms with van der Waals surface area (Å²) in [5.41, 5.74) is 1.98. The number of nitrogens with one attached hydrogen (secondary N) is 2. The molecule has 236 valence electrons. The normalized spacial score (nSPS) is 19.4. The molecule has 1 aromatic heterocycles. The summed E-state index contributed by atoms with van der Waals surface area (Å²) in [6, 6.07) is 13.7. The molecule has 2 atom stereocenters. The van der Waals surface area contributed by atoms with E-state index in [1.807, 2.05) is 37.8 Å². The molecule has 13 heteroatoms. The van der Waals surface area contributed by atoms with Crippen LogP contribution in [0.5, 0.6) is 0 Å². The number of morpholine rings is 1. The van der Waals surface area contributed by atoms with Gasteiger partial charge in [0.1, 0.15) is 5.60 Å². The van der Waals surface area contributed by atoms with E-state index in [0.717, 1.165) is 12.0 Å². The molecule has 13 nitrogen and oxygen atoms in total. The monoisotopic (exact) mass is 614 g/mol. The Labute approximate surface area is 261 Å². The number of carbonyl (C=O) groups is 3. The summed E-state index contributed by atoms with van der Waals surface area (Å²) in [5.74, 6) is 1.65. The summed E-state index contributed by atoms with van der Waals surface area (Å²) in [4.78, 5) is 57.6. The maximum Gasteiger partial charge on any atom is 0.410 e. The van der Waals surface area contributed by atoms with Gasteiger partial charge in [-0.15, -0.1) is 0 Å². The van der Waals surface area contributed by atoms with Crippen LogP contribution in [0.4, 0.5) is 32.9 Å². The van der Waals surface area contributed by atoms with E-state index in [1.54, 1.807) is 36.4 Å². The first-order valence-electron chi connectivity index (χ1n) is 15.2. The quantitative estimate of drug-likeness (QED) is 0.383. The Hall–Kier alpha value is -4.78. The van der Waals surface area contributed by atoms with Gasteiger partial charge in [-0.2, -0.15) is 15.0 Å². The number of ether oxygens (including phenoxy) is 2. The van der Waals surface area contributed by atoms with Crippen molar-refractivity contribution in [2.24, 2.45) is 0 Å². The van der Waals surface area contributed by atoms with Crippen LogP contribution in [0.15, 0.2) is 48.5 Å². The van der Waals surface area contributed by atoms with E-state index in [2.05, 4.69) is 20.4 Å². The molecule has 2 N–H and O–H groups in total. The summed E-state index contributed by atoms with van der Waals surface area (Å²) < 4.78 is 11.2. The number of likely N-dealkylation sites (tertiary alicyclic amines) is 1. The number of aromatic nitrogens is 3. The van der Waals surface area contributed by atoms with Crippen molar-refractivity contribution in [1.82, 2.24) is 19.9 Å². The van der Waals surface area contributed by atoms with Crippen molar-refractivity contribution < 1.29 is 23.9 Å². The minimum atomic E-state index is -0.549. The largest absolute Gasteiger partial charge is 0.444 e. The van der Waals surface area contributed by atoms with E-state index in [-0.39, 0.29) is 24.0 Å². The lowest BCUT2D eigenvalue weighted by Gasteiger charge is -2.35. The number of benzene rings is 2. The number of anilines is 4. The fourth-order valence-corrected chi connectivity index (χ4v) is 5.76. The molecule has 3 aliphatic heterocycles. The van der Waals surface area contributed by atoms with Gasteiger partial charge in [0, 0.05) is 48.7 Å². The maximum absolute atomic E-state index is 12.8. The van der Waals surface area contributed by atoms with Gasteiger partial charge in [0.25, 0.3) is 0 Å². The first-order valence-corrected chi connectivity index (χ1v) is 15.2. The highest BCUT2D eigenvalue weighted by Gasteiger charge is 2.47. The molecule has 6 rings (SSSR count). The molecule has 3 saturated heterocycles. The van der Waals surface area contributed by atoms with Gasteiger partial charge < -0.3 is 34.8 Å². The Kier molecular flexibility index (Phi) is 8.28. The van der Waals surface area contributed by atoms with E-state index in [0.29, 0.717) is 74.1 Å². The number of piperazine rings is 1. The molecule has 0 unspecified atom stereocenters. The summed E-state index contributed by atoms with van der Waals surface area (Å²) >= 11 is 0. The number of Topliss-reactive ketones (excluding diaryl/α,β-unsaturated/α-hetero) is 1. The third-order valence-corrected chi connectivity index (χ3v) is 7.98. The topological polar surface area (TPSA) is 142 Å². The number of fused-ring (bicyclic) bond motifs is 2. The van der Waals surface area contributed by atoms with Crippen molar-refractivity contribution >= 4 is 41.2 Å². The Morgan fingerprint density at radius 1 is 0.844 bits per heavy atom. The van der Waals surface area contributed by atoms with Gasteiger partial charge in [0.15, 0.2) is 11.6 Å². The predicted octanol–water partition coefficient (Wildman–Crippen LogP) is 4.42. The van der Waals surface area contributed by atoms with Crippen LogP contribution in [-0.4, -0.2) is 94.8 Å². The zero-order valence-electron chi connectivity index (χ0n) is 25.9. The average Bonchev–Trinajstić information content (AvgIpc) is 3.63. The van der Waals surface area contributed by atoms with Crippen LogP contribution in [0, 0.1) is 0 Å². The molecule has 0 saturated carbocycles. The van der Waals surface area contributed by atoms with E-state index in [1.165, 1.54) is 6.92 Å². The molecule has 3 amide bonds. The molecular weight excluding hydrogens is 576 g/mol. The SMILES string of the molecule is CC(=O)c1ccc(NC(=O)Nc2ccc(-c3nc(N4CCOCC4)nc(N4C[C@H]5C[C@@H]4CN5C(=O)OC(C)(C)C)n3)cc2)cc1. The van der Waals surface area contributed by atoms with Crippen LogP contribution >= 0.6 is 0 Å². The van der Waals surface area contributed by atoms with Crippen molar-refractivity contribution in [1.29, 1.82) is 0 Å². The van der Waals surface area contributed by atoms with Crippen LogP contribution in [-0.2, 0) is 9.47 Å². The Morgan fingerprint density at radius 2 is 1.47 bits per heavy atom. The summed E-state index contributed by atoms with van der Waals surface area (Å²) in [6.45, 7) is 10.8. The van der Waals surface area contributed by atoms with Crippen molar-refractivity contribution in [3.63, 3.8) is 0 Å². The Morgan fingerprint density at radius 3 is 2.04 bits per heavy atom. The van der Waals surface area contributed by atoms with Crippen molar-refractivity contribution in [2.75, 3.05) is 59.8 Å². The van der Waals surface area contributed by atoms with Gasteiger partial charge in [-0.05, 0) is 82.6 Å². The van der Waals surface area contributed by atoms with Gasteiger partial charge in [0.05, 0.1) is 25.3 Å². The molecular formula is C32H38N8O5. The summed E-state index contributed by atoms with van der Waals surface area (Å²) in [7, 11) is 0. The third kappa shape index (κ3) is 6.98. The zero-order valence-corrected chi connectivity index (χ0v) is 25.9. The molecule has 0 radical (unpaired) electrons. The summed E-state index contributed by atoms with van der Waals surface area (Å²) in [5, 5.41) is 5.60. The number of ketones is 1. The maximum atomic E-state index is 12.8. The van der Waals surface area contributed by atoms with Crippen molar-refractivity contribution in [3.05, 3.63) is 54.1 Å². The molecule has 4 heterocycles. The molecule has 0 aliphatic carbocycles. The molecule has 3 fully saturated rings. The summed E-state index contributed by atoms with van der Waals surface area (Å²) in [6.07, 6.45) is 0.546. The van der Waals surface area contributed by atoms with Gasteiger partial charge in [0.2, 0.25) is 11.9 Å². The zero-order chi connectivity index (χ0) is 31.7. The number of hydrogen-bond acceptors (Lipinski definition) is 10. The Balaban J connectivity index is 1.18. The van der Waals surface area contributed by atoms with E-state index in [9.17, 15) is 14.4 Å². The number of carbonyl (C=O) groups excluding carboxylic acids is 3. The van der Waals surface area contributed by atoms with Gasteiger partial charge in [-0.3, -0.25) is 4.79 Å². The van der Waals surface area contributed by atoms with Crippen molar-refractivity contribution in [2.45, 2.75) is 51.8 Å². The lowest BCUT2D eigenvalue weighted by atomic mass is 10.1. The number of urea groups is 1. The molecule has 3 aliphatic rings. The third-order valence-electron chi connectivity index (χ3n) is 7.98. The van der Waals surface area contributed by atoms with Crippen LogP contribution < -0.4 is 20.4 Å². The Bertz CT molecular complexity index is 1570. The lowest BCUT2D eigenvalue weighted by molar-refractivity contribution is 0.0214. The minimum absolute atomic E-state index is 0.0282. The number of rotatable bonds is 6. The standard InChI is InChI=1S/C32H38N8O5/c1-20(41)21-5-9-23(10-6-21)33-30(42)34-24-11-7-22(8-12-24)27-35-28(38-13-15-44-16-14-38)37-29(36-27)39-18-26-17-25(39)19-40(26)31(43)45-32(2,3)4/h5-12,25-26H,13-19H2,1-4H3,(H2,33,34,42)/t25-,26-/m1/s1. The predicted molar refractivity (Wildman–Crippen MR) is 170 cm³/mol. The van der Waals surface area contributed by atoms with Crippen LogP contribution in [0.3, 0.4) is 0 Å². The highest BCUT2D eigenvalue weighted by atomic mass is 16.6. The molecule has 0 spiro atoms.